The summed E-state index contributed by atoms with van der Waals surface area (Å²) in [4.78, 5) is 9.64. The summed E-state index contributed by atoms with van der Waals surface area (Å²) in [7, 11) is -0.752. The molecule has 0 heterocycles. The summed E-state index contributed by atoms with van der Waals surface area (Å²) in [6.45, 7) is 0. The van der Waals surface area contributed by atoms with Crippen molar-refractivity contribution in [3.8, 4) is 0 Å². The van der Waals surface area contributed by atoms with Gasteiger partial charge in [-0.2, -0.15) is 13.2 Å². The monoisotopic (exact) mass is 141 g/mol. The molecule has 0 aromatic rings. The Morgan fingerprint density at radius 3 is 2.11 bits per heavy atom. The number of halogens is 3. The Bertz CT molecular complexity index is 113. The standard InChI is InChI=1S/C2H3BF3NO2/c4-2(5,6)1(8)9-3-7/h3H,7H2. The lowest BCUT2D eigenvalue weighted by Gasteiger charge is -2.02. The lowest BCUT2D eigenvalue weighted by molar-refractivity contribution is -0.189. The highest BCUT2D eigenvalue weighted by Crippen LogP contribution is 2.15. The Balaban J connectivity index is 3.74. The van der Waals surface area contributed by atoms with E-state index in [0.29, 0.717) is 0 Å². The summed E-state index contributed by atoms with van der Waals surface area (Å²) in [6, 6.07) is 0. The molecule has 0 amide bonds. The number of carbonyl (C=O) groups is 1. The molecule has 0 saturated heterocycles. The smallest absolute Gasteiger partial charge is 0.489 e. The van der Waals surface area contributed by atoms with Gasteiger partial charge in [0.1, 0.15) is 0 Å². The molecular formula is C2H3BF3NO2. The second-order valence-electron chi connectivity index (χ2n) is 1.10. The first-order valence-corrected chi connectivity index (χ1v) is 1.92. The van der Waals surface area contributed by atoms with E-state index >= 15 is 0 Å². The molecule has 0 aliphatic heterocycles. The van der Waals surface area contributed by atoms with Gasteiger partial charge in [-0.3, -0.25) is 0 Å². The van der Waals surface area contributed by atoms with Crippen molar-refractivity contribution in [2.24, 2.45) is 5.64 Å². The highest BCUT2D eigenvalue weighted by Gasteiger charge is 2.40. The highest BCUT2D eigenvalue weighted by atomic mass is 19.4. The molecule has 0 saturated carbocycles. The molecule has 0 aromatic heterocycles. The van der Waals surface area contributed by atoms with Crippen molar-refractivity contribution < 1.29 is 22.6 Å². The first-order chi connectivity index (χ1) is 3.98. The predicted octanol–water partition coefficient (Wildman–Crippen LogP) is -0.683. The SMILES string of the molecule is NBOC(=O)C(F)(F)F. The van der Waals surface area contributed by atoms with E-state index in [1.54, 1.807) is 0 Å². The van der Waals surface area contributed by atoms with E-state index in [1.807, 2.05) is 0 Å². The average Bonchev–Trinajstić information content (AvgIpc) is 1.64. The first kappa shape index (κ1) is 8.28. The summed E-state index contributed by atoms with van der Waals surface area (Å²) < 4.78 is 36.7. The number of hydrogen-bond donors (Lipinski definition) is 1. The van der Waals surface area contributed by atoms with E-state index < -0.39 is 19.8 Å². The van der Waals surface area contributed by atoms with Crippen LogP contribution in [0.3, 0.4) is 0 Å². The van der Waals surface area contributed by atoms with E-state index in [4.69, 9.17) is 0 Å². The second kappa shape index (κ2) is 2.72. The summed E-state index contributed by atoms with van der Waals surface area (Å²) in [5.41, 5.74) is 4.48. The van der Waals surface area contributed by atoms with Crippen molar-refractivity contribution in [2.45, 2.75) is 6.18 Å². The summed E-state index contributed by atoms with van der Waals surface area (Å²) in [5.74, 6) is -2.26. The van der Waals surface area contributed by atoms with E-state index in [0.717, 1.165) is 0 Å². The van der Waals surface area contributed by atoms with Gasteiger partial charge in [0, 0.05) is 0 Å². The van der Waals surface area contributed by atoms with E-state index in [1.165, 1.54) is 0 Å². The van der Waals surface area contributed by atoms with Crippen LogP contribution in [0.25, 0.3) is 0 Å². The van der Waals surface area contributed by atoms with E-state index in [9.17, 15) is 18.0 Å². The fraction of sp³-hybridized carbons (Fsp3) is 0.500. The molecule has 52 valence electrons. The van der Waals surface area contributed by atoms with Gasteiger partial charge >= 0.3 is 19.8 Å². The lowest BCUT2D eigenvalue weighted by atomic mass is 10.3. The second-order valence-corrected chi connectivity index (χ2v) is 1.10. The molecule has 0 unspecified atom stereocenters. The van der Waals surface area contributed by atoms with Crippen molar-refractivity contribution in [3.63, 3.8) is 0 Å². The third-order valence-electron chi connectivity index (χ3n) is 0.446. The van der Waals surface area contributed by atoms with E-state index in [-0.39, 0.29) is 0 Å². The third kappa shape index (κ3) is 2.96. The van der Waals surface area contributed by atoms with E-state index in [2.05, 4.69) is 10.3 Å². The molecule has 3 nitrogen and oxygen atoms in total. The summed E-state index contributed by atoms with van der Waals surface area (Å²) in [6.07, 6.45) is -4.93. The molecule has 0 aliphatic carbocycles. The van der Waals surface area contributed by atoms with Gasteiger partial charge in [-0.25, -0.2) is 4.79 Å². The largest absolute Gasteiger partial charge is 0.517 e. The Morgan fingerprint density at radius 1 is 1.56 bits per heavy atom. The first-order valence-electron chi connectivity index (χ1n) is 1.92. The van der Waals surface area contributed by atoms with Crippen molar-refractivity contribution in [2.75, 3.05) is 0 Å². The number of rotatable bonds is 1. The van der Waals surface area contributed by atoms with Crippen LogP contribution >= 0.6 is 0 Å². The molecule has 0 rings (SSSR count). The Kier molecular flexibility index (Phi) is 2.50. The van der Waals surface area contributed by atoms with Crippen LogP contribution in [0, 0.1) is 0 Å². The molecule has 2 N–H and O–H groups in total. The Morgan fingerprint density at radius 2 is 2.00 bits per heavy atom. The zero-order valence-electron chi connectivity index (χ0n) is 4.23. The maximum Gasteiger partial charge on any atom is 0.489 e. The molecule has 0 bridgehead atoms. The number of nitrogens with two attached hydrogens (primary N) is 1. The summed E-state index contributed by atoms with van der Waals surface area (Å²) in [5, 5.41) is 0. The molecule has 0 aliphatic rings. The normalized spacial score (nSPS) is 10.7. The maximum absolute atomic E-state index is 11.1. The predicted molar refractivity (Wildman–Crippen MR) is 23.5 cm³/mol. The van der Waals surface area contributed by atoms with Crippen LogP contribution in [0.4, 0.5) is 13.2 Å². The molecule has 7 heteroatoms. The topological polar surface area (TPSA) is 52.3 Å². The van der Waals surface area contributed by atoms with Gasteiger partial charge in [0.15, 0.2) is 0 Å². The van der Waals surface area contributed by atoms with Crippen molar-refractivity contribution in [1.82, 2.24) is 0 Å². The quantitative estimate of drug-likeness (QED) is 0.492. The van der Waals surface area contributed by atoms with Crippen LogP contribution in [0.2, 0.25) is 0 Å². The maximum atomic E-state index is 11.1. The molecule has 0 aromatic carbocycles. The fourth-order valence-corrected chi connectivity index (χ4v) is 0.158. The van der Waals surface area contributed by atoms with Gasteiger partial charge < -0.3 is 10.3 Å². The lowest BCUT2D eigenvalue weighted by Crippen LogP contribution is -2.29. The molecule has 0 atom stereocenters. The van der Waals surface area contributed by atoms with Gasteiger partial charge in [-0.15, -0.1) is 0 Å². The third-order valence-corrected chi connectivity index (χ3v) is 0.446. The number of hydrogen-bond acceptors (Lipinski definition) is 3. The minimum atomic E-state index is -4.93. The van der Waals surface area contributed by atoms with Crippen molar-refractivity contribution in [3.05, 3.63) is 0 Å². The summed E-state index contributed by atoms with van der Waals surface area (Å²) >= 11 is 0. The van der Waals surface area contributed by atoms with Crippen LogP contribution < -0.4 is 5.64 Å². The van der Waals surface area contributed by atoms with Crippen LogP contribution in [-0.4, -0.2) is 19.8 Å². The molecule has 0 spiro atoms. The van der Waals surface area contributed by atoms with Gasteiger partial charge in [0.2, 0.25) is 0 Å². The molecule has 9 heavy (non-hydrogen) atoms. The van der Waals surface area contributed by atoms with Crippen LogP contribution in [0.15, 0.2) is 0 Å². The van der Waals surface area contributed by atoms with Crippen LogP contribution in [-0.2, 0) is 9.45 Å². The van der Waals surface area contributed by atoms with Crippen LogP contribution in [0.5, 0.6) is 0 Å². The average molecular weight is 141 g/mol. The minimum Gasteiger partial charge on any atom is -0.517 e. The van der Waals surface area contributed by atoms with Gasteiger partial charge in [0.25, 0.3) is 0 Å². The molecular weight excluding hydrogens is 138 g/mol. The van der Waals surface area contributed by atoms with Crippen LogP contribution in [0.1, 0.15) is 0 Å². The molecule has 0 radical (unpaired) electrons. The number of alkyl halides is 3. The van der Waals surface area contributed by atoms with Gasteiger partial charge in [-0.1, -0.05) is 0 Å². The zero-order chi connectivity index (χ0) is 7.49. The Labute approximate surface area is 49.3 Å². The Hall–Kier alpha value is -0.715. The van der Waals surface area contributed by atoms with Gasteiger partial charge in [-0.05, 0) is 0 Å². The van der Waals surface area contributed by atoms with Crippen molar-refractivity contribution in [1.29, 1.82) is 0 Å². The zero-order valence-corrected chi connectivity index (χ0v) is 4.23. The van der Waals surface area contributed by atoms with Gasteiger partial charge in [0.05, 0.1) is 0 Å². The highest BCUT2D eigenvalue weighted by molar-refractivity contribution is 6.26. The minimum absolute atomic E-state index is 0.752. The molecule has 0 fully saturated rings. The number of carbonyl (C=O) groups excluding carboxylic acids is 1. The fourth-order valence-electron chi connectivity index (χ4n) is 0.158. The van der Waals surface area contributed by atoms with Crippen molar-refractivity contribution >= 4 is 13.6 Å².